The minimum absolute atomic E-state index is 0.0346. The summed E-state index contributed by atoms with van der Waals surface area (Å²) in [7, 11) is 3.17. The minimum atomic E-state index is -0.525. The van der Waals surface area contributed by atoms with E-state index < -0.39 is 5.82 Å². The zero-order valence-electron chi connectivity index (χ0n) is 14.3. The van der Waals surface area contributed by atoms with Gasteiger partial charge in [-0.15, -0.1) is 11.8 Å². The molecule has 2 aromatic carbocycles. The summed E-state index contributed by atoms with van der Waals surface area (Å²) in [5, 5.41) is 2.56. The highest BCUT2D eigenvalue weighted by molar-refractivity contribution is 7.99. The lowest BCUT2D eigenvalue weighted by Crippen LogP contribution is -2.34. The van der Waals surface area contributed by atoms with Crippen molar-refractivity contribution in [1.82, 2.24) is 4.90 Å². The number of anilines is 1. The number of urea groups is 1. The van der Waals surface area contributed by atoms with Crippen LogP contribution in [0, 0.1) is 5.82 Å². The van der Waals surface area contributed by atoms with Gasteiger partial charge in [-0.3, -0.25) is 0 Å². The van der Waals surface area contributed by atoms with E-state index in [9.17, 15) is 9.18 Å². The Morgan fingerprint density at radius 1 is 1.23 bits per heavy atom. The van der Waals surface area contributed by atoms with Crippen molar-refractivity contribution < 1.29 is 18.7 Å². The Morgan fingerprint density at radius 3 is 2.54 bits per heavy atom. The number of carbonyl (C=O) groups excluding carboxylic acids is 1. The standard InChI is InChI=1S/C18H18ClFN2O3S/c1-24-13-7-11(8-14(10-13)25-2)17-22(5-6-26-17)18(23)21-12-3-4-16(20)15(19)9-12/h3-4,7-10,17H,5-6H2,1-2H3,(H,21,23)/t17-/m1/s1. The van der Waals surface area contributed by atoms with E-state index in [2.05, 4.69) is 5.32 Å². The van der Waals surface area contributed by atoms with Crippen LogP contribution in [-0.4, -0.2) is 37.4 Å². The predicted molar refractivity (Wildman–Crippen MR) is 102 cm³/mol. The first-order valence-corrected chi connectivity index (χ1v) is 9.31. The number of hydrogen-bond donors (Lipinski definition) is 1. The van der Waals surface area contributed by atoms with Crippen molar-refractivity contribution >= 4 is 35.1 Å². The van der Waals surface area contributed by atoms with Crippen molar-refractivity contribution in [3.63, 3.8) is 0 Å². The number of rotatable bonds is 4. The van der Waals surface area contributed by atoms with Crippen molar-refractivity contribution in [3.8, 4) is 11.5 Å². The highest BCUT2D eigenvalue weighted by Crippen LogP contribution is 2.41. The first-order chi connectivity index (χ1) is 12.5. The van der Waals surface area contributed by atoms with Gasteiger partial charge >= 0.3 is 6.03 Å². The predicted octanol–water partition coefficient (Wildman–Crippen LogP) is 4.78. The molecule has 1 heterocycles. The number of amides is 2. The van der Waals surface area contributed by atoms with E-state index in [1.165, 1.54) is 18.2 Å². The zero-order chi connectivity index (χ0) is 18.7. The van der Waals surface area contributed by atoms with Crippen LogP contribution in [-0.2, 0) is 0 Å². The summed E-state index contributed by atoms with van der Waals surface area (Å²) in [5.74, 6) is 1.61. The largest absolute Gasteiger partial charge is 0.497 e. The molecule has 0 aromatic heterocycles. The molecule has 26 heavy (non-hydrogen) atoms. The molecule has 138 valence electrons. The second kappa shape index (κ2) is 8.05. The number of carbonyl (C=O) groups is 1. The average molecular weight is 397 g/mol. The molecule has 0 unspecified atom stereocenters. The normalized spacial score (nSPS) is 16.5. The average Bonchev–Trinajstić information content (AvgIpc) is 3.14. The summed E-state index contributed by atoms with van der Waals surface area (Å²) in [6.45, 7) is 0.593. The summed E-state index contributed by atoms with van der Waals surface area (Å²) in [6.07, 6.45) is 0. The SMILES string of the molecule is COc1cc(OC)cc([C@H]2SCCN2C(=O)Nc2ccc(F)c(Cl)c2)c1. The summed E-state index contributed by atoms with van der Waals surface area (Å²) < 4.78 is 23.9. The van der Waals surface area contributed by atoms with Gasteiger partial charge in [-0.1, -0.05) is 11.6 Å². The van der Waals surface area contributed by atoms with Crippen LogP contribution >= 0.6 is 23.4 Å². The molecule has 2 aromatic rings. The molecule has 0 aliphatic carbocycles. The third kappa shape index (κ3) is 3.99. The van der Waals surface area contributed by atoms with Crippen molar-refractivity contribution in [2.45, 2.75) is 5.37 Å². The van der Waals surface area contributed by atoms with Crippen LogP contribution in [0.4, 0.5) is 14.9 Å². The van der Waals surface area contributed by atoms with Crippen molar-refractivity contribution in [3.05, 3.63) is 52.8 Å². The molecule has 1 aliphatic heterocycles. The van der Waals surface area contributed by atoms with Crippen LogP contribution in [0.3, 0.4) is 0 Å². The number of ether oxygens (including phenoxy) is 2. The molecule has 2 amide bonds. The molecule has 1 saturated heterocycles. The monoisotopic (exact) mass is 396 g/mol. The van der Waals surface area contributed by atoms with E-state index in [-0.39, 0.29) is 16.4 Å². The second-order valence-corrected chi connectivity index (χ2v) is 7.22. The van der Waals surface area contributed by atoms with E-state index in [0.29, 0.717) is 23.7 Å². The molecule has 0 bridgehead atoms. The molecular weight excluding hydrogens is 379 g/mol. The smallest absolute Gasteiger partial charge is 0.323 e. The molecule has 1 N–H and O–H groups in total. The van der Waals surface area contributed by atoms with Gasteiger partial charge in [-0.2, -0.15) is 0 Å². The summed E-state index contributed by atoms with van der Waals surface area (Å²) in [6, 6.07) is 9.38. The van der Waals surface area contributed by atoms with Crippen LogP contribution < -0.4 is 14.8 Å². The Bertz CT molecular complexity index is 799. The highest BCUT2D eigenvalue weighted by atomic mass is 35.5. The third-order valence-corrected chi connectivity index (χ3v) is 5.53. The number of nitrogens with zero attached hydrogens (tertiary/aromatic N) is 1. The molecule has 3 rings (SSSR count). The number of thioether (sulfide) groups is 1. The topological polar surface area (TPSA) is 50.8 Å². The quantitative estimate of drug-likeness (QED) is 0.808. The van der Waals surface area contributed by atoms with Crippen LogP contribution in [0.25, 0.3) is 0 Å². The van der Waals surface area contributed by atoms with E-state index >= 15 is 0 Å². The number of benzene rings is 2. The van der Waals surface area contributed by atoms with E-state index in [0.717, 1.165) is 11.3 Å². The van der Waals surface area contributed by atoms with Gasteiger partial charge in [0.05, 0.1) is 19.2 Å². The number of halogens is 2. The van der Waals surface area contributed by atoms with E-state index in [4.69, 9.17) is 21.1 Å². The highest BCUT2D eigenvalue weighted by Gasteiger charge is 2.31. The maximum absolute atomic E-state index is 13.3. The Kier molecular flexibility index (Phi) is 5.78. The third-order valence-electron chi connectivity index (χ3n) is 3.98. The molecule has 1 fully saturated rings. The van der Waals surface area contributed by atoms with Gasteiger partial charge in [-0.05, 0) is 35.9 Å². The Balaban J connectivity index is 1.81. The zero-order valence-corrected chi connectivity index (χ0v) is 15.9. The second-order valence-electron chi connectivity index (χ2n) is 5.62. The molecule has 5 nitrogen and oxygen atoms in total. The summed E-state index contributed by atoms with van der Waals surface area (Å²) >= 11 is 7.43. The van der Waals surface area contributed by atoms with Gasteiger partial charge in [0.1, 0.15) is 22.7 Å². The maximum atomic E-state index is 13.3. The lowest BCUT2D eigenvalue weighted by atomic mass is 10.2. The summed E-state index contributed by atoms with van der Waals surface area (Å²) in [5.41, 5.74) is 1.36. The van der Waals surface area contributed by atoms with Gasteiger partial charge in [0.15, 0.2) is 0 Å². The lowest BCUT2D eigenvalue weighted by molar-refractivity contribution is 0.214. The van der Waals surface area contributed by atoms with Crippen molar-refractivity contribution in [2.24, 2.45) is 0 Å². The number of methoxy groups -OCH3 is 2. The number of nitrogens with one attached hydrogen (secondary N) is 1. The lowest BCUT2D eigenvalue weighted by Gasteiger charge is -2.25. The Morgan fingerprint density at radius 2 is 1.92 bits per heavy atom. The van der Waals surface area contributed by atoms with Gasteiger partial charge in [0.2, 0.25) is 0 Å². The minimum Gasteiger partial charge on any atom is -0.497 e. The Hall–Kier alpha value is -2.12. The fourth-order valence-electron chi connectivity index (χ4n) is 2.70. The molecule has 0 radical (unpaired) electrons. The maximum Gasteiger partial charge on any atom is 0.323 e. The molecule has 0 spiro atoms. The first kappa shape index (κ1) is 18.7. The van der Waals surface area contributed by atoms with E-state index in [1.54, 1.807) is 36.9 Å². The fourth-order valence-corrected chi connectivity index (χ4v) is 4.11. The van der Waals surface area contributed by atoms with Crippen molar-refractivity contribution in [1.29, 1.82) is 0 Å². The van der Waals surface area contributed by atoms with Crippen LogP contribution in [0.5, 0.6) is 11.5 Å². The fraction of sp³-hybridized carbons (Fsp3) is 0.278. The van der Waals surface area contributed by atoms with Gasteiger partial charge in [0, 0.05) is 24.1 Å². The molecule has 1 atom stereocenters. The van der Waals surface area contributed by atoms with Crippen molar-refractivity contribution in [2.75, 3.05) is 31.8 Å². The molecule has 0 saturated carbocycles. The van der Waals surface area contributed by atoms with Crippen LogP contribution in [0.1, 0.15) is 10.9 Å². The van der Waals surface area contributed by atoms with Crippen LogP contribution in [0.15, 0.2) is 36.4 Å². The first-order valence-electron chi connectivity index (χ1n) is 7.89. The van der Waals surface area contributed by atoms with Gasteiger partial charge in [-0.25, -0.2) is 9.18 Å². The summed E-state index contributed by atoms with van der Waals surface area (Å²) in [4.78, 5) is 14.4. The van der Waals surface area contributed by atoms with Gasteiger partial charge < -0.3 is 19.7 Å². The molecular formula is C18H18ClFN2O3S. The number of hydrogen-bond acceptors (Lipinski definition) is 4. The molecule has 1 aliphatic rings. The van der Waals surface area contributed by atoms with E-state index in [1.807, 2.05) is 12.1 Å². The molecule has 8 heteroatoms. The Labute approximate surface area is 160 Å². The van der Waals surface area contributed by atoms with Gasteiger partial charge in [0.25, 0.3) is 0 Å². The van der Waals surface area contributed by atoms with Crippen LogP contribution in [0.2, 0.25) is 5.02 Å².